The monoisotopic (exact) mass is 1390 g/mol. The van der Waals surface area contributed by atoms with Crippen LogP contribution >= 0.6 is 0 Å². The van der Waals surface area contributed by atoms with E-state index in [1.165, 1.54) is 214 Å². The van der Waals surface area contributed by atoms with Gasteiger partial charge in [0.1, 0.15) is 0 Å². The number of unbranched alkanes of at least 4 members (excludes halogenated alkanes) is 9. The molecule has 0 aliphatic carbocycles. The van der Waals surface area contributed by atoms with Crippen molar-refractivity contribution >= 4 is 0 Å². The molecule has 0 radical (unpaired) electrons. The fraction of sp³-hybridized carbons (Fsp3) is 0.621. The number of hydrogen-bond acceptors (Lipinski definition) is 6. The van der Waals surface area contributed by atoms with E-state index in [-0.39, 0.29) is 0 Å². The van der Waals surface area contributed by atoms with Gasteiger partial charge in [-0.1, -0.05) is 279 Å². The van der Waals surface area contributed by atoms with E-state index in [4.69, 9.17) is 14.6 Å². The fourth-order valence-electron chi connectivity index (χ4n) is 12.7. The molecule has 6 aromatic rings. The van der Waals surface area contributed by atoms with Crippen molar-refractivity contribution < 1.29 is 29.9 Å². The van der Waals surface area contributed by atoms with Gasteiger partial charge < -0.3 is 29.9 Å². The minimum absolute atomic E-state index is 0.291. The van der Waals surface area contributed by atoms with E-state index in [1.807, 2.05) is 13.8 Å². The predicted octanol–water partition coefficient (Wildman–Crippen LogP) is 24.9. The minimum atomic E-state index is -0.556. The molecule has 0 amide bonds. The van der Waals surface area contributed by atoms with Gasteiger partial charge in [0.15, 0.2) is 0 Å². The van der Waals surface area contributed by atoms with Crippen LogP contribution in [0.4, 0.5) is 0 Å². The molecule has 0 aliphatic rings. The van der Waals surface area contributed by atoms with Gasteiger partial charge in [-0.25, -0.2) is 0 Å². The molecule has 6 rings (SSSR count). The van der Waals surface area contributed by atoms with Crippen LogP contribution in [0.3, 0.4) is 0 Å². The van der Waals surface area contributed by atoms with Crippen molar-refractivity contribution in [1.82, 2.24) is 0 Å². The summed E-state index contributed by atoms with van der Waals surface area (Å²) in [4.78, 5) is 0. The molecule has 0 saturated heterocycles. The van der Waals surface area contributed by atoms with E-state index in [0.29, 0.717) is 6.61 Å². The molecule has 570 valence electrons. The molecule has 0 unspecified atom stereocenters. The zero-order chi connectivity index (χ0) is 74.5. The van der Waals surface area contributed by atoms with Gasteiger partial charge in [-0.3, -0.25) is 0 Å². The zero-order valence-electron chi connectivity index (χ0n) is 67.7. The zero-order valence-corrected chi connectivity index (χ0v) is 67.7. The van der Waals surface area contributed by atoms with E-state index in [0.717, 1.165) is 116 Å². The van der Waals surface area contributed by atoms with Gasteiger partial charge in [-0.15, -0.1) is 0 Å². The first-order chi connectivity index (χ1) is 48.9. The van der Waals surface area contributed by atoms with Crippen LogP contribution in [0.2, 0.25) is 0 Å². The lowest BCUT2D eigenvalue weighted by Gasteiger charge is -2.27. The fourth-order valence-corrected chi connectivity index (χ4v) is 12.7. The van der Waals surface area contributed by atoms with Crippen molar-refractivity contribution in [2.75, 3.05) is 34.0 Å². The maximum absolute atomic E-state index is 10.7. The highest BCUT2D eigenvalue weighted by Gasteiger charge is 2.25. The van der Waals surface area contributed by atoms with Crippen molar-refractivity contribution in [3.63, 3.8) is 0 Å². The second-order valence-corrected chi connectivity index (χ2v) is 29.6. The summed E-state index contributed by atoms with van der Waals surface area (Å²) >= 11 is 0. The first-order valence-corrected chi connectivity index (χ1v) is 41.1. The van der Waals surface area contributed by atoms with Crippen molar-refractivity contribution in [2.45, 2.75) is 350 Å². The average Bonchev–Trinajstić information content (AvgIpc) is 0.917. The van der Waals surface area contributed by atoms with Crippen LogP contribution in [0.25, 0.3) is 0 Å². The third kappa shape index (κ3) is 50.2. The Balaban J connectivity index is 0.000000608. The highest BCUT2D eigenvalue weighted by Crippen LogP contribution is 2.27. The van der Waals surface area contributed by atoms with Crippen LogP contribution < -0.4 is 0 Å². The molecule has 6 heteroatoms. The molecule has 0 spiro atoms. The topological polar surface area (TPSA) is 99.4 Å². The van der Waals surface area contributed by atoms with Crippen molar-refractivity contribution in [3.05, 3.63) is 212 Å². The predicted molar refractivity (Wildman–Crippen MR) is 442 cm³/mol. The molecule has 101 heavy (non-hydrogen) atoms. The molecule has 0 saturated carbocycles. The van der Waals surface area contributed by atoms with Gasteiger partial charge in [-0.05, 0) is 267 Å². The summed E-state index contributed by atoms with van der Waals surface area (Å²) in [5, 5.41) is 39.4. The first kappa shape index (κ1) is 94.1. The van der Waals surface area contributed by atoms with Gasteiger partial charge in [0, 0.05) is 34.0 Å². The molecule has 0 fully saturated rings. The van der Waals surface area contributed by atoms with Crippen LogP contribution in [0.15, 0.2) is 146 Å². The average molecular weight is 1390 g/mol. The lowest BCUT2D eigenvalue weighted by atomic mass is 9.86. The SMILES string of the molecule is CCCCc1cccc(CCC(C)(C)O)c1.CCCCc1cccc(CCC(O)(CC)CC)c1.CCCCc1cccc(CCC(O)(CCC)CCC)c1.CCCCc1cccc(CCCCCCOC)c1.CCCCc1cccc(CCCO)c1.CCCCc1cccc(CCCOC)c1. The lowest BCUT2D eigenvalue weighted by molar-refractivity contribution is 0.0132. The van der Waals surface area contributed by atoms with Crippen molar-refractivity contribution in [3.8, 4) is 0 Å². The van der Waals surface area contributed by atoms with Crippen LogP contribution in [0.5, 0.6) is 0 Å². The maximum Gasteiger partial charge on any atom is 0.0650 e. The number of benzene rings is 6. The van der Waals surface area contributed by atoms with E-state index in [9.17, 15) is 15.3 Å². The Kier molecular flexibility index (Phi) is 57.2. The van der Waals surface area contributed by atoms with Crippen molar-refractivity contribution in [2.24, 2.45) is 0 Å². The second kappa shape index (κ2) is 61.4. The molecular weight excluding hydrogens is 1240 g/mol. The quantitative estimate of drug-likeness (QED) is 0.0284. The molecule has 0 aliphatic heterocycles. The Morgan fingerprint density at radius 3 is 0.752 bits per heavy atom. The third-order valence-corrected chi connectivity index (χ3v) is 19.4. The molecule has 0 aromatic heterocycles. The normalized spacial score (nSPS) is 11.2. The Labute approximate surface area is 623 Å². The summed E-state index contributed by atoms with van der Waals surface area (Å²) < 4.78 is 10.1. The molecular formula is C95H154O6. The Morgan fingerprint density at radius 2 is 0.495 bits per heavy atom. The minimum Gasteiger partial charge on any atom is -0.396 e. The summed E-state index contributed by atoms with van der Waals surface area (Å²) in [5.74, 6) is 0. The number of rotatable bonds is 47. The summed E-state index contributed by atoms with van der Waals surface area (Å²) in [7, 11) is 3.54. The van der Waals surface area contributed by atoms with Gasteiger partial charge in [0.05, 0.1) is 16.8 Å². The smallest absolute Gasteiger partial charge is 0.0650 e. The van der Waals surface area contributed by atoms with Gasteiger partial charge in [0.2, 0.25) is 0 Å². The molecule has 6 aromatic carbocycles. The number of aryl methyl sites for hydroxylation is 12. The second-order valence-electron chi connectivity index (χ2n) is 29.6. The van der Waals surface area contributed by atoms with Gasteiger partial charge in [0.25, 0.3) is 0 Å². The van der Waals surface area contributed by atoms with Gasteiger partial charge >= 0.3 is 0 Å². The Morgan fingerprint density at radius 1 is 0.257 bits per heavy atom. The molecule has 0 bridgehead atoms. The van der Waals surface area contributed by atoms with E-state index in [2.05, 4.69) is 215 Å². The number of aliphatic hydroxyl groups excluding tert-OH is 1. The first-order valence-electron chi connectivity index (χ1n) is 41.1. The summed E-state index contributed by atoms with van der Waals surface area (Å²) in [6.07, 6.45) is 44.0. The van der Waals surface area contributed by atoms with E-state index in [1.54, 1.807) is 14.2 Å². The summed E-state index contributed by atoms with van der Waals surface area (Å²) in [6.45, 7) is 27.7. The number of methoxy groups -OCH3 is 2. The summed E-state index contributed by atoms with van der Waals surface area (Å²) in [5.41, 5.74) is 15.6. The standard InChI is InChI=1S/C19H32O.2C17H28O.C15H24O.C14H22O.C13H20O/c1-4-7-9-17-10-8-11-18(16-17)12-15-19(20,13-5-2)14-6-3;1-4-7-9-15-10-8-11-16(14-15)12-13-17(18,5-2)6-3;1-3-4-10-16-12-9-13-17(15-16)11-7-5-6-8-14-18-2;1-4-5-7-13-8-6-9-14(12-13)10-11-15(2,3)16;1-3-4-7-13-8-5-9-14(12-13)10-6-11-15-2;1-2-3-6-12-7-4-8-13(11-12)9-5-10-14/h8,10-11,16,20H,4-7,9,12-15H2,1-3H3;8,10-11,14,18H,4-7,9,12-13H2,1-3H3;9,12-13,15H,3-8,10-11,14H2,1-2H3;6,8-9,12,16H,4-5,7,10-11H2,1-3H3;5,8-9,12H,3-4,6-7,10-11H2,1-2H3;4,7-8,11,14H,2-3,5-6,9-10H2,1H3. The molecule has 4 N–H and O–H groups in total. The maximum atomic E-state index is 10.7. The van der Waals surface area contributed by atoms with E-state index < -0.39 is 16.8 Å². The molecule has 0 heterocycles. The van der Waals surface area contributed by atoms with Crippen LogP contribution in [-0.2, 0) is 86.5 Å². The highest BCUT2D eigenvalue weighted by atomic mass is 16.5. The molecule has 0 atom stereocenters. The summed E-state index contributed by atoms with van der Waals surface area (Å²) in [6, 6.07) is 53.4. The van der Waals surface area contributed by atoms with E-state index >= 15 is 0 Å². The largest absolute Gasteiger partial charge is 0.396 e. The number of hydrogen-bond donors (Lipinski definition) is 4. The number of aliphatic hydroxyl groups is 4. The van der Waals surface area contributed by atoms with Crippen molar-refractivity contribution in [1.29, 1.82) is 0 Å². The van der Waals surface area contributed by atoms with Crippen LogP contribution in [0, 0.1) is 0 Å². The Hall–Kier alpha value is -4.92. The number of ether oxygens (including phenoxy) is 2. The van der Waals surface area contributed by atoms with Crippen LogP contribution in [0.1, 0.15) is 323 Å². The lowest BCUT2D eigenvalue weighted by Crippen LogP contribution is -2.28. The van der Waals surface area contributed by atoms with Crippen LogP contribution in [-0.4, -0.2) is 71.3 Å². The molecule has 6 nitrogen and oxygen atoms in total. The Bertz CT molecular complexity index is 2810. The highest BCUT2D eigenvalue weighted by molar-refractivity contribution is 5.28. The third-order valence-electron chi connectivity index (χ3n) is 19.4. The van der Waals surface area contributed by atoms with Gasteiger partial charge in [-0.2, -0.15) is 0 Å².